The van der Waals surface area contributed by atoms with Crippen molar-refractivity contribution >= 4 is 28.9 Å². The van der Waals surface area contributed by atoms with E-state index in [0.29, 0.717) is 10.6 Å². The van der Waals surface area contributed by atoms with E-state index in [1.165, 1.54) is 16.9 Å². The maximum atomic E-state index is 12.4. The summed E-state index contributed by atoms with van der Waals surface area (Å²) in [5.74, 6) is -0.0698. The van der Waals surface area contributed by atoms with Gasteiger partial charge in [0, 0.05) is 22.4 Å². The number of thioether (sulfide) groups is 1. The minimum absolute atomic E-state index is 0.183. The number of carbonyl (C=O) groups excluding carboxylic acids is 1. The molecule has 0 aliphatic heterocycles. The molecule has 1 heterocycles. The monoisotopic (exact) mass is 302 g/mol. The Hall–Kier alpha value is -1.64. The summed E-state index contributed by atoms with van der Waals surface area (Å²) in [7, 11) is 0. The van der Waals surface area contributed by atoms with Gasteiger partial charge in [0.15, 0.2) is 11.7 Å². The van der Waals surface area contributed by atoms with Crippen molar-refractivity contribution in [2.75, 3.05) is 6.26 Å². The van der Waals surface area contributed by atoms with Gasteiger partial charge in [0.1, 0.15) is 5.01 Å². The number of thiazole rings is 1. The molecule has 1 aromatic heterocycles. The van der Waals surface area contributed by atoms with Gasteiger partial charge >= 0.3 is 0 Å². The highest BCUT2D eigenvalue weighted by molar-refractivity contribution is 7.97. The van der Waals surface area contributed by atoms with Crippen molar-refractivity contribution in [2.24, 2.45) is 0 Å². The van der Waals surface area contributed by atoms with E-state index in [1.807, 2.05) is 30.7 Å². The van der Waals surface area contributed by atoms with Crippen LogP contribution in [-0.4, -0.2) is 17.0 Å². The van der Waals surface area contributed by atoms with Crippen LogP contribution < -0.4 is 0 Å². The second kappa shape index (κ2) is 6.69. The van der Waals surface area contributed by atoms with Crippen LogP contribution in [0.25, 0.3) is 0 Å². The van der Waals surface area contributed by atoms with Crippen molar-refractivity contribution in [1.29, 1.82) is 5.26 Å². The molecule has 0 spiro atoms. The van der Waals surface area contributed by atoms with Gasteiger partial charge < -0.3 is 0 Å². The number of hydrogen-bond acceptors (Lipinski definition) is 5. The normalized spacial score (nSPS) is 11.8. The number of nitrogens with zero attached hydrogens (tertiary/aromatic N) is 2. The van der Waals surface area contributed by atoms with Gasteiger partial charge in [-0.25, -0.2) is 4.98 Å². The summed E-state index contributed by atoms with van der Waals surface area (Å²) < 4.78 is 0. The van der Waals surface area contributed by atoms with Gasteiger partial charge in [0.2, 0.25) is 0 Å². The van der Waals surface area contributed by atoms with E-state index in [1.54, 1.807) is 23.9 Å². The van der Waals surface area contributed by atoms with Crippen LogP contribution >= 0.6 is 23.1 Å². The van der Waals surface area contributed by atoms with Crippen LogP contribution in [0.3, 0.4) is 0 Å². The van der Waals surface area contributed by atoms with Crippen molar-refractivity contribution in [3.8, 4) is 6.07 Å². The average molecular weight is 302 g/mol. The number of aryl methyl sites for hydroxylation is 1. The van der Waals surface area contributed by atoms with E-state index in [2.05, 4.69) is 11.1 Å². The van der Waals surface area contributed by atoms with Crippen LogP contribution in [0.15, 0.2) is 29.6 Å². The number of benzene rings is 1. The zero-order chi connectivity index (χ0) is 14.5. The first kappa shape index (κ1) is 14.8. The Balaban J connectivity index is 2.23. The van der Waals surface area contributed by atoms with Crippen molar-refractivity contribution in [2.45, 2.75) is 18.6 Å². The highest BCUT2D eigenvalue weighted by Gasteiger charge is 2.24. The van der Waals surface area contributed by atoms with Crippen LogP contribution in [0.2, 0.25) is 0 Å². The Bertz CT molecular complexity index is 641. The van der Waals surface area contributed by atoms with E-state index < -0.39 is 5.92 Å². The molecule has 1 aromatic carbocycles. The molecular weight excluding hydrogens is 288 g/mol. The maximum Gasteiger partial charge on any atom is 0.186 e. The number of Topliss-reactive ketones (excluding diaryl/α,β-unsaturated/α-hetero) is 1. The lowest BCUT2D eigenvalue weighted by Crippen LogP contribution is -2.11. The van der Waals surface area contributed by atoms with Gasteiger partial charge in [-0.1, -0.05) is 24.3 Å². The highest BCUT2D eigenvalue weighted by atomic mass is 32.2. The fraction of sp³-hybridized carbons (Fsp3) is 0.267. The molecule has 5 heteroatoms. The van der Waals surface area contributed by atoms with Crippen LogP contribution in [0.1, 0.15) is 32.5 Å². The summed E-state index contributed by atoms with van der Waals surface area (Å²) in [6, 6.07) is 9.52. The van der Waals surface area contributed by atoms with Gasteiger partial charge in [0.05, 0.1) is 6.07 Å². The Morgan fingerprint density at radius 3 is 2.65 bits per heavy atom. The predicted molar refractivity (Wildman–Crippen MR) is 83.2 cm³/mol. The molecular formula is C15H14N2OS2. The fourth-order valence-electron chi connectivity index (χ4n) is 1.83. The van der Waals surface area contributed by atoms with Gasteiger partial charge in [-0.05, 0) is 18.7 Å². The lowest BCUT2D eigenvalue weighted by atomic mass is 9.98. The molecule has 0 aliphatic rings. The van der Waals surface area contributed by atoms with E-state index in [9.17, 15) is 10.1 Å². The molecule has 0 saturated carbocycles. The minimum Gasteiger partial charge on any atom is -0.292 e. The van der Waals surface area contributed by atoms with Gasteiger partial charge in [-0.15, -0.1) is 11.3 Å². The second-order valence-electron chi connectivity index (χ2n) is 4.38. The first-order chi connectivity index (χ1) is 9.65. The van der Waals surface area contributed by atoms with E-state index in [4.69, 9.17) is 0 Å². The number of nitriles is 1. The molecule has 0 fully saturated rings. The molecule has 1 atom stereocenters. The summed E-state index contributed by atoms with van der Waals surface area (Å²) in [4.78, 5) is 16.6. The molecule has 0 N–H and O–H groups in total. The standard InChI is InChI=1S/C15H14N2OS2/c1-10-8-20-15(17-10)13(7-16)14(18)12-5-3-11(4-6-12)9-19-2/h3-6,8,13H,9H2,1-2H3. The van der Waals surface area contributed by atoms with Crippen molar-refractivity contribution < 1.29 is 4.79 Å². The summed E-state index contributed by atoms with van der Waals surface area (Å²) in [5.41, 5.74) is 2.58. The van der Waals surface area contributed by atoms with Crippen LogP contribution in [0.5, 0.6) is 0 Å². The SMILES string of the molecule is CSCc1ccc(C(=O)C(C#N)c2nc(C)cs2)cc1. The molecule has 2 rings (SSSR count). The summed E-state index contributed by atoms with van der Waals surface area (Å²) in [6.07, 6.45) is 2.04. The predicted octanol–water partition coefficient (Wildman–Crippen LogP) is 3.80. The smallest absolute Gasteiger partial charge is 0.186 e. The Kier molecular flexibility index (Phi) is 4.94. The summed E-state index contributed by atoms with van der Waals surface area (Å²) in [5, 5.41) is 11.7. The average Bonchev–Trinajstić information content (AvgIpc) is 2.87. The molecule has 0 saturated heterocycles. The topological polar surface area (TPSA) is 53.8 Å². The summed E-state index contributed by atoms with van der Waals surface area (Å²) in [6.45, 7) is 1.86. The number of rotatable bonds is 5. The van der Waals surface area contributed by atoms with E-state index in [0.717, 1.165) is 11.4 Å². The third kappa shape index (κ3) is 3.27. The minimum atomic E-state index is -0.805. The van der Waals surface area contributed by atoms with Crippen molar-refractivity contribution in [1.82, 2.24) is 4.98 Å². The number of hydrogen-bond donors (Lipinski definition) is 0. The highest BCUT2D eigenvalue weighted by Crippen LogP contribution is 2.24. The molecule has 0 aliphatic carbocycles. The van der Waals surface area contributed by atoms with Crippen molar-refractivity contribution in [3.05, 3.63) is 51.5 Å². The van der Waals surface area contributed by atoms with Gasteiger partial charge in [0.25, 0.3) is 0 Å². The van der Waals surface area contributed by atoms with Gasteiger partial charge in [-0.2, -0.15) is 17.0 Å². The Morgan fingerprint density at radius 1 is 1.45 bits per heavy atom. The van der Waals surface area contributed by atoms with E-state index in [-0.39, 0.29) is 5.78 Å². The molecule has 1 unspecified atom stereocenters. The molecule has 20 heavy (non-hydrogen) atoms. The molecule has 3 nitrogen and oxygen atoms in total. The molecule has 0 bridgehead atoms. The third-order valence-corrected chi connectivity index (χ3v) is 4.47. The quantitative estimate of drug-likeness (QED) is 0.788. The number of carbonyl (C=O) groups is 1. The maximum absolute atomic E-state index is 12.4. The Labute approximate surface area is 126 Å². The van der Waals surface area contributed by atoms with E-state index >= 15 is 0 Å². The largest absolute Gasteiger partial charge is 0.292 e. The zero-order valence-electron chi connectivity index (χ0n) is 11.3. The van der Waals surface area contributed by atoms with Gasteiger partial charge in [-0.3, -0.25) is 4.79 Å². The Morgan fingerprint density at radius 2 is 2.15 bits per heavy atom. The number of ketones is 1. The van der Waals surface area contributed by atoms with Crippen LogP contribution in [0, 0.1) is 18.3 Å². The van der Waals surface area contributed by atoms with Crippen LogP contribution in [-0.2, 0) is 5.75 Å². The molecule has 2 aromatic rings. The van der Waals surface area contributed by atoms with Crippen molar-refractivity contribution in [3.63, 3.8) is 0 Å². The molecule has 102 valence electrons. The first-order valence-corrected chi connectivity index (χ1v) is 8.36. The zero-order valence-corrected chi connectivity index (χ0v) is 12.9. The molecule has 0 radical (unpaired) electrons. The third-order valence-electron chi connectivity index (χ3n) is 2.82. The first-order valence-electron chi connectivity index (χ1n) is 6.09. The lowest BCUT2D eigenvalue weighted by molar-refractivity contribution is 0.0979. The fourth-order valence-corrected chi connectivity index (χ4v) is 3.19. The second-order valence-corrected chi connectivity index (χ2v) is 6.14. The van der Waals surface area contributed by atoms with Crippen LogP contribution in [0.4, 0.5) is 0 Å². The number of aromatic nitrogens is 1. The lowest BCUT2D eigenvalue weighted by Gasteiger charge is -2.06. The molecule has 0 amide bonds. The summed E-state index contributed by atoms with van der Waals surface area (Å²) >= 11 is 3.09.